The molecule has 7 heteroatoms. The minimum Gasteiger partial charge on any atom is -0.346 e. The number of nitrogens with one attached hydrogen (secondary N) is 1. The van der Waals surface area contributed by atoms with E-state index in [1.54, 1.807) is 7.05 Å². The Morgan fingerprint density at radius 2 is 2.15 bits per heavy atom. The number of hydrogen-bond donors (Lipinski definition) is 1. The maximum absolute atomic E-state index is 12.3. The largest absolute Gasteiger partial charge is 0.346 e. The van der Waals surface area contributed by atoms with Crippen LogP contribution < -0.4 is 21.5 Å². The molecule has 0 radical (unpaired) electrons. The number of hydrogen-bond acceptors (Lipinski definition) is 5. The zero-order chi connectivity index (χ0) is 14.7. The molecular formula is C13H23N5O2. The van der Waals surface area contributed by atoms with Gasteiger partial charge in [0, 0.05) is 33.2 Å². The number of anilines is 1. The first-order valence-corrected chi connectivity index (χ1v) is 7.18. The molecule has 0 bridgehead atoms. The van der Waals surface area contributed by atoms with Crippen molar-refractivity contribution in [2.24, 2.45) is 14.1 Å². The minimum absolute atomic E-state index is 0.265. The van der Waals surface area contributed by atoms with Crippen molar-refractivity contribution in [2.75, 3.05) is 24.5 Å². The van der Waals surface area contributed by atoms with Crippen LogP contribution in [0.5, 0.6) is 0 Å². The summed E-state index contributed by atoms with van der Waals surface area (Å²) in [6, 6.07) is 0.265. The Morgan fingerprint density at radius 3 is 2.75 bits per heavy atom. The molecule has 0 aromatic carbocycles. The van der Waals surface area contributed by atoms with Crippen molar-refractivity contribution >= 4 is 5.82 Å². The second-order valence-electron chi connectivity index (χ2n) is 5.29. The van der Waals surface area contributed by atoms with Gasteiger partial charge in [-0.2, -0.15) is 0 Å². The lowest BCUT2D eigenvalue weighted by atomic mass is 10.1. The van der Waals surface area contributed by atoms with E-state index in [-0.39, 0.29) is 11.6 Å². The fourth-order valence-electron chi connectivity index (χ4n) is 2.66. The first-order chi connectivity index (χ1) is 9.56. The number of aryl methyl sites for hydroxylation is 1. The van der Waals surface area contributed by atoms with Gasteiger partial charge in [-0.3, -0.25) is 9.36 Å². The highest BCUT2D eigenvalue weighted by Gasteiger charge is 2.25. The number of piperidine rings is 1. The standard InChI is InChI=1S/C13H23N5O2/c1-4-8-18(10-6-5-7-14-9-10)11-12(19)16(2)13(20)17(3)15-11/h10,14H,4-9H2,1-3H3. The Balaban J connectivity index is 2.43. The molecule has 0 saturated carbocycles. The second-order valence-corrected chi connectivity index (χ2v) is 5.29. The fraction of sp³-hybridized carbons (Fsp3) is 0.769. The molecule has 2 heterocycles. The first-order valence-electron chi connectivity index (χ1n) is 7.18. The van der Waals surface area contributed by atoms with E-state index in [1.165, 1.54) is 11.7 Å². The quantitative estimate of drug-likeness (QED) is 0.801. The van der Waals surface area contributed by atoms with Gasteiger partial charge in [0.15, 0.2) is 0 Å². The summed E-state index contributed by atoms with van der Waals surface area (Å²) in [5, 5.41) is 7.55. The molecule has 112 valence electrons. The van der Waals surface area contributed by atoms with E-state index >= 15 is 0 Å². The van der Waals surface area contributed by atoms with E-state index < -0.39 is 5.69 Å². The lowest BCUT2D eigenvalue weighted by Crippen LogP contribution is -2.51. The Labute approximate surface area is 118 Å². The van der Waals surface area contributed by atoms with Crippen LogP contribution in [0.4, 0.5) is 5.82 Å². The SMILES string of the molecule is CCCN(c1nn(C)c(=O)n(C)c1=O)C1CCCNC1. The van der Waals surface area contributed by atoms with Gasteiger partial charge in [-0.05, 0) is 25.8 Å². The third kappa shape index (κ3) is 2.77. The molecule has 7 nitrogen and oxygen atoms in total. The van der Waals surface area contributed by atoms with E-state index in [0.29, 0.717) is 5.82 Å². The maximum atomic E-state index is 12.3. The summed E-state index contributed by atoms with van der Waals surface area (Å²) in [5.74, 6) is 0.380. The number of aromatic nitrogens is 3. The van der Waals surface area contributed by atoms with Crippen molar-refractivity contribution in [1.29, 1.82) is 0 Å². The van der Waals surface area contributed by atoms with Crippen LogP contribution in [0.1, 0.15) is 26.2 Å². The third-order valence-electron chi connectivity index (χ3n) is 3.75. The average Bonchev–Trinajstić information content (AvgIpc) is 2.47. The molecule has 1 atom stereocenters. The van der Waals surface area contributed by atoms with Crippen LogP contribution in [0.15, 0.2) is 9.59 Å². The average molecular weight is 281 g/mol. The van der Waals surface area contributed by atoms with Crippen LogP contribution in [-0.4, -0.2) is 40.0 Å². The van der Waals surface area contributed by atoms with Crippen LogP contribution in [-0.2, 0) is 14.1 Å². The Hall–Kier alpha value is -1.63. The summed E-state index contributed by atoms with van der Waals surface area (Å²) in [6.07, 6.45) is 3.07. The van der Waals surface area contributed by atoms with Gasteiger partial charge in [-0.1, -0.05) is 6.92 Å². The summed E-state index contributed by atoms with van der Waals surface area (Å²) in [5.41, 5.74) is -0.705. The normalized spacial score (nSPS) is 19.1. The van der Waals surface area contributed by atoms with E-state index in [0.717, 1.165) is 43.5 Å². The maximum Gasteiger partial charge on any atom is 0.346 e. The summed E-state index contributed by atoms with van der Waals surface area (Å²) < 4.78 is 2.36. The fourth-order valence-corrected chi connectivity index (χ4v) is 2.66. The third-order valence-corrected chi connectivity index (χ3v) is 3.75. The molecule has 0 aliphatic carbocycles. The topological polar surface area (TPSA) is 72.2 Å². The lowest BCUT2D eigenvalue weighted by molar-refractivity contribution is 0.423. The smallest absolute Gasteiger partial charge is 0.346 e. The van der Waals surface area contributed by atoms with Gasteiger partial charge in [-0.25, -0.2) is 9.48 Å². The monoisotopic (exact) mass is 281 g/mol. The molecule has 1 aliphatic rings. The highest BCUT2D eigenvalue weighted by Crippen LogP contribution is 2.15. The van der Waals surface area contributed by atoms with Crippen molar-refractivity contribution in [3.63, 3.8) is 0 Å². The van der Waals surface area contributed by atoms with Crippen LogP contribution >= 0.6 is 0 Å². The zero-order valence-corrected chi connectivity index (χ0v) is 12.4. The molecule has 20 heavy (non-hydrogen) atoms. The number of rotatable bonds is 4. The molecule has 1 fully saturated rings. The molecule has 1 saturated heterocycles. The van der Waals surface area contributed by atoms with Crippen molar-refractivity contribution in [2.45, 2.75) is 32.2 Å². The van der Waals surface area contributed by atoms with Gasteiger partial charge in [-0.15, -0.1) is 5.10 Å². The molecule has 1 aromatic heterocycles. The highest BCUT2D eigenvalue weighted by molar-refractivity contribution is 5.36. The molecule has 0 amide bonds. The van der Waals surface area contributed by atoms with Gasteiger partial charge in [0.1, 0.15) is 0 Å². The van der Waals surface area contributed by atoms with Crippen LogP contribution in [0.25, 0.3) is 0 Å². The Morgan fingerprint density at radius 1 is 1.40 bits per heavy atom. The minimum atomic E-state index is -0.392. The van der Waals surface area contributed by atoms with Crippen LogP contribution in [0.2, 0.25) is 0 Å². The van der Waals surface area contributed by atoms with Crippen LogP contribution in [0.3, 0.4) is 0 Å². The summed E-state index contributed by atoms with van der Waals surface area (Å²) in [7, 11) is 3.08. The van der Waals surface area contributed by atoms with Gasteiger partial charge in [0.2, 0.25) is 5.82 Å². The molecule has 1 N–H and O–H groups in total. The summed E-state index contributed by atoms with van der Waals surface area (Å²) >= 11 is 0. The predicted molar refractivity (Wildman–Crippen MR) is 78.2 cm³/mol. The summed E-state index contributed by atoms with van der Waals surface area (Å²) in [6.45, 7) is 4.73. The van der Waals surface area contributed by atoms with Crippen LogP contribution in [0, 0.1) is 0 Å². The molecular weight excluding hydrogens is 258 g/mol. The number of nitrogens with zero attached hydrogens (tertiary/aromatic N) is 4. The molecule has 0 spiro atoms. The van der Waals surface area contributed by atoms with E-state index in [4.69, 9.17) is 0 Å². The highest BCUT2D eigenvalue weighted by atomic mass is 16.2. The second kappa shape index (κ2) is 6.21. The molecule has 1 aliphatic heterocycles. The van der Waals surface area contributed by atoms with Crippen molar-refractivity contribution < 1.29 is 0 Å². The van der Waals surface area contributed by atoms with Gasteiger partial charge < -0.3 is 10.2 Å². The molecule has 2 rings (SSSR count). The van der Waals surface area contributed by atoms with Crippen molar-refractivity contribution in [3.8, 4) is 0 Å². The Kier molecular flexibility index (Phi) is 4.59. The summed E-state index contributed by atoms with van der Waals surface area (Å²) in [4.78, 5) is 26.1. The van der Waals surface area contributed by atoms with E-state index in [1.807, 2.05) is 4.90 Å². The van der Waals surface area contributed by atoms with Gasteiger partial charge in [0.25, 0.3) is 5.56 Å². The zero-order valence-electron chi connectivity index (χ0n) is 12.4. The van der Waals surface area contributed by atoms with Crippen molar-refractivity contribution in [3.05, 3.63) is 20.8 Å². The van der Waals surface area contributed by atoms with E-state index in [9.17, 15) is 9.59 Å². The lowest BCUT2D eigenvalue weighted by Gasteiger charge is -2.35. The molecule has 1 aromatic rings. The Bertz CT molecular complexity index is 571. The van der Waals surface area contributed by atoms with Crippen molar-refractivity contribution in [1.82, 2.24) is 19.7 Å². The van der Waals surface area contributed by atoms with Gasteiger partial charge in [0.05, 0.1) is 0 Å². The van der Waals surface area contributed by atoms with Gasteiger partial charge >= 0.3 is 5.69 Å². The predicted octanol–water partition coefficient (Wildman–Crippen LogP) is -0.553. The first kappa shape index (κ1) is 14.8. The molecule has 1 unspecified atom stereocenters. The van der Waals surface area contributed by atoms with E-state index in [2.05, 4.69) is 17.3 Å².